The second kappa shape index (κ2) is 8.19. The number of hydrogen-bond donors (Lipinski definition) is 3. The molecule has 9 nitrogen and oxygen atoms in total. The predicted octanol–water partition coefficient (Wildman–Crippen LogP) is 4.00. The van der Waals surface area contributed by atoms with Crippen LogP contribution in [0.5, 0.6) is 0 Å². The van der Waals surface area contributed by atoms with Crippen LogP contribution >= 0.6 is 0 Å². The van der Waals surface area contributed by atoms with Crippen LogP contribution in [0.2, 0.25) is 0 Å². The number of pyridine rings is 1. The molecule has 0 aliphatic carbocycles. The Bertz CT molecular complexity index is 1370. The maximum Gasteiger partial charge on any atom is 0.190 e. The maximum atomic E-state index is 14.4. The van der Waals surface area contributed by atoms with E-state index in [9.17, 15) is 8.78 Å². The van der Waals surface area contributed by atoms with Crippen LogP contribution in [0.3, 0.4) is 0 Å². The summed E-state index contributed by atoms with van der Waals surface area (Å²) < 4.78 is 29.4. The third kappa shape index (κ3) is 4.39. The Kier molecular flexibility index (Phi) is 5.39. The van der Waals surface area contributed by atoms with Crippen LogP contribution in [0.1, 0.15) is 52.1 Å². The monoisotopic (exact) mass is 479 g/mol. The molecule has 0 atom stereocenters. The summed E-state index contributed by atoms with van der Waals surface area (Å²) >= 11 is 0. The number of nitrogens with two attached hydrogens (primary N) is 1. The number of halogens is 2. The molecular formula is C24H27F2N9. The van der Waals surface area contributed by atoms with E-state index in [4.69, 9.17) is 5.73 Å². The van der Waals surface area contributed by atoms with Crippen LogP contribution in [0.4, 0.5) is 14.6 Å². The van der Waals surface area contributed by atoms with Crippen LogP contribution in [-0.4, -0.2) is 46.5 Å². The molecule has 1 aromatic carbocycles. The molecule has 0 unspecified atom stereocenters. The van der Waals surface area contributed by atoms with Crippen molar-refractivity contribution in [1.29, 1.82) is 0 Å². The summed E-state index contributed by atoms with van der Waals surface area (Å²) in [5.74, 6) is -1.46. The third-order valence-electron chi connectivity index (χ3n) is 6.31. The SMILES string of the molecule is CC1(C)CC(c2cc(-c3cnc(N)c(-c4nnnn4-c4cccc(F)c4F)c3)n[nH]2)CC(C)(C)N1. The Hall–Kier alpha value is -3.73. The van der Waals surface area contributed by atoms with Crippen molar-refractivity contribution in [3.05, 3.63) is 53.9 Å². The van der Waals surface area contributed by atoms with Gasteiger partial charge in [0.2, 0.25) is 0 Å². The van der Waals surface area contributed by atoms with Crippen molar-refractivity contribution >= 4 is 5.82 Å². The smallest absolute Gasteiger partial charge is 0.190 e. The van der Waals surface area contributed by atoms with Crippen LogP contribution in [0.25, 0.3) is 28.3 Å². The number of rotatable bonds is 4. The Balaban J connectivity index is 1.50. The van der Waals surface area contributed by atoms with Gasteiger partial charge in [0.05, 0.1) is 11.3 Å². The summed E-state index contributed by atoms with van der Waals surface area (Å²) in [6.45, 7) is 8.83. The Labute approximate surface area is 201 Å². The van der Waals surface area contributed by atoms with E-state index in [2.05, 4.69) is 63.7 Å². The highest BCUT2D eigenvalue weighted by Gasteiger charge is 2.38. The molecule has 0 spiro atoms. The molecule has 1 saturated heterocycles. The van der Waals surface area contributed by atoms with Crippen molar-refractivity contribution in [1.82, 2.24) is 40.7 Å². The highest BCUT2D eigenvalue weighted by molar-refractivity contribution is 5.75. The van der Waals surface area contributed by atoms with E-state index in [0.29, 0.717) is 22.7 Å². The van der Waals surface area contributed by atoms with E-state index in [1.54, 1.807) is 12.3 Å². The number of nitrogen functional groups attached to an aromatic ring is 1. The van der Waals surface area contributed by atoms with Crippen LogP contribution in [-0.2, 0) is 0 Å². The molecule has 4 aromatic rings. The highest BCUT2D eigenvalue weighted by atomic mass is 19.2. The Morgan fingerprint density at radius 3 is 2.57 bits per heavy atom. The first-order chi connectivity index (χ1) is 16.5. The number of anilines is 1. The number of aromatic amines is 1. The van der Waals surface area contributed by atoms with Crippen molar-refractivity contribution in [3.63, 3.8) is 0 Å². The molecular weight excluding hydrogens is 452 g/mol. The van der Waals surface area contributed by atoms with Gasteiger partial charge in [0, 0.05) is 34.4 Å². The molecule has 5 rings (SSSR count). The average Bonchev–Trinajstić information content (AvgIpc) is 3.44. The number of tetrazole rings is 1. The summed E-state index contributed by atoms with van der Waals surface area (Å²) in [4.78, 5) is 4.29. The van der Waals surface area contributed by atoms with Crippen LogP contribution in [0.15, 0.2) is 36.5 Å². The lowest BCUT2D eigenvalue weighted by Gasteiger charge is -2.46. The fourth-order valence-electron chi connectivity index (χ4n) is 5.20. The number of piperidine rings is 1. The first kappa shape index (κ1) is 23.0. The molecule has 0 radical (unpaired) electrons. The fourth-order valence-corrected chi connectivity index (χ4v) is 5.20. The first-order valence-corrected chi connectivity index (χ1v) is 11.4. The van der Waals surface area contributed by atoms with Crippen molar-refractivity contribution < 1.29 is 8.78 Å². The summed E-state index contributed by atoms with van der Waals surface area (Å²) in [6, 6.07) is 7.56. The zero-order valence-corrected chi connectivity index (χ0v) is 20.0. The van der Waals surface area contributed by atoms with E-state index in [1.807, 2.05) is 6.07 Å². The van der Waals surface area contributed by atoms with Gasteiger partial charge in [-0.05, 0) is 75.2 Å². The molecule has 1 aliphatic heterocycles. The molecule has 0 amide bonds. The highest BCUT2D eigenvalue weighted by Crippen LogP contribution is 2.39. The van der Waals surface area contributed by atoms with Gasteiger partial charge < -0.3 is 11.1 Å². The fraction of sp³-hybridized carbons (Fsp3) is 0.375. The molecule has 35 heavy (non-hydrogen) atoms. The molecule has 4 heterocycles. The van der Waals surface area contributed by atoms with Gasteiger partial charge in [0.25, 0.3) is 0 Å². The van der Waals surface area contributed by atoms with Gasteiger partial charge in [-0.3, -0.25) is 5.10 Å². The topological polar surface area (TPSA) is 123 Å². The number of aromatic nitrogens is 7. The number of benzene rings is 1. The molecule has 4 N–H and O–H groups in total. The lowest BCUT2D eigenvalue weighted by Crippen LogP contribution is -2.57. The number of nitrogens with one attached hydrogen (secondary N) is 2. The quantitative estimate of drug-likeness (QED) is 0.404. The van der Waals surface area contributed by atoms with Gasteiger partial charge >= 0.3 is 0 Å². The van der Waals surface area contributed by atoms with Gasteiger partial charge in [-0.2, -0.15) is 9.78 Å². The molecule has 182 valence electrons. The van der Waals surface area contributed by atoms with Gasteiger partial charge in [0.1, 0.15) is 11.5 Å². The minimum absolute atomic E-state index is 0.00310. The van der Waals surface area contributed by atoms with Crippen molar-refractivity contribution in [3.8, 4) is 28.3 Å². The Morgan fingerprint density at radius 2 is 1.83 bits per heavy atom. The standard InChI is InChI=1S/C24H27F2N9/c1-23(2)10-14(11-24(3,4)32-23)18-9-17(29-30-18)13-8-15(21(27)28-12-13)22-31-33-34-35(22)19-7-5-6-16(25)20(19)26/h5-9,12,14,32H,10-11H2,1-4H3,(H2,27,28)(H,29,30). The van der Waals surface area contributed by atoms with Crippen molar-refractivity contribution in [2.45, 2.75) is 57.5 Å². The largest absolute Gasteiger partial charge is 0.383 e. The van der Waals surface area contributed by atoms with Gasteiger partial charge in [0.15, 0.2) is 17.5 Å². The minimum Gasteiger partial charge on any atom is -0.383 e. The average molecular weight is 480 g/mol. The molecule has 1 aliphatic rings. The zero-order chi connectivity index (χ0) is 25.0. The zero-order valence-electron chi connectivity index (χ0n) is 20.0. The minimum atomic E-state index is -1.06. The van der Waals surface area contributed by atoms with Crippen molar-refractivity contribution in [2.75, 3.05) is 5.73 Å². The normalized spacial score (nSPS) is 17.5. The van der Waals surface area contributed by atoms with E-state index in [0.717, 1.165) is 29.3 Å². The third-order valence-corrected chi connectivity index (χ3v) is 6.31. The Morgan fingerprint density at radius 1 is 1.09 bits per heavy atom. The van der Waals surface area contributed by atoms with Crippen LogP contribution < -0.4 is 11.1 Å². The first-order valence-electron chi connectivity index (χ1n) is 11.4. The van der Waals surface area contributed by atoms with E-state index >= 15 is 0 Å². The van der Waals surface area contributed by atoms with E-state index < -0.39 is 11.6 Å². The molecule has 0 bridgehead atoms. The number of nitrogens with zero attached hydrogens (tertiary/aromatic N) is 6. The molecule has 11 heteroatoms. The van der Waals surface area contributed by atoms with E-state index in [1.165, 1.54) is 12.1 Å². The number of hydrogen-bond acceptors (Lipinski definition) is 7. The maximum absolute atomic E-state index is 14.4. The summed E-state index contributed by atoms with van der Waals surface area (Å²) in [7, 11) is 0. The summed E-state index contributed by atoms with van der Waals surface area (Å²) in [6.07, 6.45) is 3.56. The second-order valence-electron chi connectivity index (χ2n) is 10.4. The van der Waals surface area contributed by atoms with Crippen LogP contribution in [0, 0.1) is 11.6 Å². The van der Waals surface area contributed by atoms with Gasteiger partial charge in [-0.15, -0.1) is 5.10 Å². The molecule has 3 aromatic heterocycles. The number of H-pyrrole nitrogens is 1. The van der Waals surface area contributed by atoms with E-state index in [-0.39, 0.29) is 28.4 Å². The lowest BCUT2D eigenvalue weighted by atomic mass is 9.74. The summed E-state index contributed by atoms with van der Waals surface area (Å²) in [5.41, 5.74) is 8.81. The second-order valence-corrected chi connectivity index (χ2v) is 10.4. The molecule has 0 saturated carbocycles. The predicted molar refractivity (Wildman–Crippen MR) is 128 cm³/mol. The van der Waals surface area contributed by atoms with Gasteiger partial charge in [-0.1, -0.05) is 6.07 Å². The van der Waals surface area contributed by atoms with Gasteiger partial charge in [-0.25, -0.2) is 13.8 Å². The summed E-state index contributed by atoms with van der Waals surface area (Å²) in [5, 5.41) is 22.9. The van der Waals surface area contributed by atoms with Crippen molar-refractivity contribution in [2.24, 2.45) is 0 Å². The lowest BCUT2D eigenvalue weighted by molar-refractivity contribution is 0.160. The molecule has 1 fully saturated rings.